The van der Waals surface area contributed by atoms with Crippen molar-refractivity contribution < 1.29 is 0 Å². The van der Waals surface area contributed by atoms with Crippen molar-refractivity contribution in [1.82, 2.24) is 10.3 Å². The number of likely N-dealkylation sites (N-methyl/N-ethyl adjacent to an activating group) is 1. The highest BCUT2D eigenvalue weighted by atomic mass is 79.9. The number of halogens is 1. The smallest absolute Gasteiger partial charge is 0.0420 e. The number of hydrogen-bond donors (Lipinski definition) is 1. The summed E-state index contributed by atoms with van der Waals surface area (Å²) in [5, 5.41) is 4.29. The van der Waals surface area contributed by atoms with Gasteiger partial charge in [-0.05, 0) is 41.0 Å². The molecule has 2 unspecified atom stereocenters. The Balaban J connectivity index is 2.48. The van der Waals surface area contributed by atoms with Crippen molar-refractivity contribution in [2.45, 2.75) is 44.9 Å². The second-order valence-corrected chi connectivity index (χ2v) is 6.87. The molecule has 0 aliphatic heterocycles. The van der Waals surface area contributed by atoms with Crippen LogP contribution in [-0.4, -0.2) is 28.6 Å². The number of nitrogens with one attached hydrogen (secondary N) is 1. The van der Waals surface area contributed by atoms with Crippen LogP contribution in [0.4, 0.5) is 0 Å². The van der Waals surface area contributed by atoms with Crippen LogP contribution in [0.2, 0.25) is 0 Å². The summed E-state index contributed by atoms with van der Waals surface area (Å²) in [6.07, 6.45) is 4.12. The van der Waals surface area contributed by atoms with Gasteiger partial charge in [0.25, 0.3) is 0 Å². The van der Waals surface area contributed by atoms with Gasteiger partial charge >= 0.3 is 0 Å². The number of pyridine rings is 1. The molecule has 0 spiro atoms. The highest BCUT2D eigenvalue weighted by Gasteiger charge is 2.11. The van der Waals surface area contributed by atoms with E-state index in [0.29, 0.717) is 6.04 Å². The lowest BCUT2D eigenvalue weighted by molar-refractivity contribution is 0.566. The SMILES string of the molecule is CCNC(CSC(C)CC)Cc1ccc(Br)cn1. The Morgan fingerprint density at radius 3 is 2.72 bits per heavy atom. The van der Waals surface area contributed by atoms with Gasteiger partial charge in [0, 0.05) is 39.8 Å². The first-order valence-corrected chi connectivity index (χ1v) is 8.45. The van der Waals surface area contributed by atoms with Crippen LogP contribution in [0.1, 0.15) is 32.9 Å². The molecule has 1 N–H and O–H groups in total. The van der Waals surface area contributed by atoms with Crippen molar-refractivity contribution >= 4 is 27.7 Å². The van der Waals surface area contributed by atoms with Gasteiger partial charge in [0.2, 0.25) is 0 Å². The van der Waals surface area contributed by atoms with Crippen LogP contribution in [0.3, 0.4) is 0 Å². The highest BCUT2D eigenvalue weighted by molar-refractivity contribution is 9.10. The summed E-state index contributed by atoms with van der Waals surface area (Å²) < 4.78 is 1.04. The Kier molecular flexibility index (Phi) is 7.95. The molecule has 0 aromatic carbocycles. The molecule has 0 fully saturated rings. The van der Waals surface area contributed by atoms with Crippen molar-refractivity contribution in [3.63, 3.8) is 0 Å². The monoisotopic (exact) mass is 330 g/mol. The highest BCUT2D eigenvalue weighted by Crippen LogP contribution is 2.16. The van der Waals surface area contributed by atoms with Gasteiger partial charge in [-0.25, -0.2) is 0 Å². The quantitative estimate of drug-likeness (QED) is 0.782. The second kappa shape index (κ2) is 8.94. The lowest BCUT2D eigenvalue weighted by atomic mass is 10.1. The van der Waals surface area contributed by atoms with E-state index in [9.17, 15) is 0 Å². The molecule has 0 saturated heterocycles. The molecular weight excluding hydrogens is 308 g/mol. The van der Waals surface area contributed by atoms with Crippen LogP contribution >= 0.6 is 27.7 Å². The summed E-state index contributed by atoms with van der Waals surface area (Å²) in [6.45, 7) is 7.72. The molecule has 1 heterocycles. The number of aromatic nitrogens is 1. The summed E-state index contributed by atoms with van der Waals surface area (Å²) in [4.78, 5) is 4.45. The molecule has 2 atom stereocenters. The summed E-state index contributed by atoms with van der Waals surface area (Å²) >= 11 is 5.47. The van der Waals surface area contributed by atoms with Gasteiger partial charge in [0.1, 0.15) is 0 Å². The zero-order valence-electron chi connectivity index (χ0n) is 11.4. The van der Waals surface area contributed by atoms with Crippen LogP contribution in [0.5, 0.6) is 0 Å². The Hall–Kier alpha value is -0.0600. The number of nitrogens with zero attached hydrogens (tertiary/aromatic N) is 1. The second-order valence-electron chi connectivity index (χ2n) is 4.48. The Bertz CT molecular complexity index is 329. The van der Waals surface area contributed by atoms with E-state index in [4.69, 9.17) is 0 Å². The van der Waals surface area contributed by atoms with E-state index in [-0.39, 0.29) is 0 Å². The predicted octanol–water partition coefficient (Wildman–Crippen LogP) is 3.90. The van der Waals surface area contributed by atoms with Crippen LogP contribution in [0, 0.1) is 0 Å². The van der Waals surface area contributed by atoms with Gasteiger partial charge in [-0.15, -0.1) is 0 Å². The van der Waals surface area contributed by atoms with E-state index in [1.54, 1.807) is 0 Å². The maximum absolute atomic E-state index is 4.45. The molecule has 0 bridgehead atoms. The molecule has 0 aliphatic carbocycles. The van der Waals surface area contributed by atoms with Crippen molar-refractivity contribution in [3.05, 3.63) is 28.5 Å². The van der Waals surface area contributed by atoms with Gasteiger partial charge in [-0.1, -0.05) is 20.8 Å². The molecule has 102 valence electrons. The fourth-order valence-corrected chi connectivity index (χ4v) is 2.92. The number of hydrogen-bond acceptors (Lipinski definition) is 3. The molecule has 0 aliphatic rings. The third-order valence-electron chi connectivity index (χ3n) is 2.89. The van der Waals surface area contributed by atoms with Crippen molar-refractivity contribution in [2.75, 3.05) is 12.3 Å². The molecule has 0 saturated carbocycles. The number of rotatable bonds is 8. The van der Waals surface area contributed by atoms with Gasteiger partial charge in [0.15, 0.2) is 0 Å². The molecule has 1 aromatic rings. The van der Waals surface area contributed by atoms with E-state index in [2.05, 4.69) is 59.1 Å². The maximum atomic E-state index is 4.45. The Morgan fingerprint density at radius 1 is 1.39 bits per heavy atom. The summed E-state index contributed by atoms with van der Waals surface area (Å²) in [7, 11) is 0. The lowest BCUT2D eigenvalue weighted by Gasteiger charge is -2.19. The molecular formula is C14H23BrN2S. The molecule has 1 aromatic heterocycles. The van der Waals surface area contributed by atoms with Gasteiger partial charge in [-0.3, -0.25) is 4.98 Å². The van der Waals surface area contributed by atoms with Crippen LogP contribution in [0.15, 0.2) is 22.8 Å². The van der Waals surface area contributed by atoms with E-state index in [0.717, 1.165) is 34.1 Å². The molecule has 18 heavy (non-hydrogen) atoms. The minimum absolute atomic E-state index is 0.516. The Labute approximate surface area is 123 Å². The van der Waals surface area contributed by atoms with Gasteiger partial charge in [0.05, 0.1) is 0 Å². The third-order valence-corrected chi connectivity index (χ3v) is 4.86. The molecule has 2 nitrogen and oxygen atoms in total. The van der Waals surface area contributed by atoms with Crippen molar-refractivity contribution in [1.29, 1.82) is 0 Å². The van der Waals surface area contributed by atoms with E-state index >= 15 is 0 Å². The maximum Gasteiger partial charge on any atom is 0.0420 e. The summed E-state index contributed by atoms with van der Waals surface area (Å²) in [6, 6.07) is 4.68. The first kappa shape index (κ1) is 16.0. The number of thioether (sulfide) groups is 1. The van der Waals surface area contributed by atoms with Crippen LogP contribution in [0.25, 0.3) is 0 Å². The molecule has 0 radical (unpaired) electrons. The van der Waals surface area contributed by atoms with E-state index < -0.39 is 0 Å². The molecule has 0 amide bonds. The first-order valence-electron chi connectivity index (χ1n) is 6.61. The third kappa shape index (κ3) is 6.21. The first-order chi connectivity index (χ1) is 8.65. The van der Waals surface area contributed by atoms with Gasteiger partial charge in [-0.2, -0.15) is 11.8 Å². The molecule has 1 rings (SSSR count). The molecule has 4 heteroatoms. The average molecular weight is 331 g/mol. The minimum Gasteiger partial charge on any atom is -0.313 e. The normalized spacial score (nSPS) is 14.4. The summed E-state index contributed by atoms with van der Waals surface area (Å²) in [5.41, 5.74) is 1.16. The van der Waals surface area contributed by atoms with Crippen LogP contribution < -0.4 is 5.32 Å². The van der Waals surface area contributed by atoms with Crippen molar-refractivity contribution in [3.8, 4) is 0 Å². The standard InChI is InChI=1S/C14H23BrN2S/c1-4-11(3)18-10-14(16-5-2)8-13-7-6-12(15)9-17-13/h6-7,9,11,14,16H,4-5,8,10H2,1-3H3. The predicted molar refractivity (Wildman–Crippen MR) is 85.3 cm³/mol. The lowest BCUT2D eigenvalue weighted by Crippen LogP contribution is -2.34. The zero-order chi connectivity index (χ0) is 13.4. The van der Waals surface area contributed by atoms with Crippen molar-refractivity contribution in [2.24, 2.45) is 0 Å². The zero-order valence-corrected chi connectivity index (χ0v) is 13.9. The Morgan fingerprint density at radius 2 is 2.17 bits per heavy atom. The average Bonchev–Trinajstić information content (AvgIpc) is 2.38. The van der Waals surface area contributed by atoms with E-state index in [1.165, 1.54) is 6.42 Å². The topological polar surface area (TPSA) is 24.9 Å². The van der Waals surface area contributed by atoms with Crippen LogP contribution in [-0.2, 0) is 6.42 Å². The van der Waals surface area contributed by atoms with Gasteiger partial charge < -0.3 is 5.32 Å². The minimum atomic E-state index is 0.516. The fraction of sp³-hybridized carbons (Fsp3) is 0.643. The van der Waals surface area contributed by atoms with E-state index in [1.807, 2.05) is 18.0 Å². The largest absolute Gasteiger partial charge is 0.313 e. The summed E-state index contributed by atoms with van der Waals surface area (Å²) in [5.74, 6) is 1.15. The fourth-order valence-electron chi connectivity index (χ4n) is 1.66.